The van der Waals surface area contributed by atoms with E-state index in [2.05, 4.69) is 10.6 Å². The maximum atomic E-state index is 11.8. The van der Waals surface area contributed by atoms with Crippen molar-refractivity contribution in [1.29, 1.82) is 0 Å². The number of alkyl carbamates (subject to hydrolysis) is 2. The van der Waals surface area contributed by atoms with Crippen molar-refractivity contribution in [1.82, 2.24) is 15.5 Å². The summed E-state index contributed by atoms with van der Waals surface area (Å²) in [4.78, 5) is 48.7. The maximum absolute atomic E-state index is 11.8. The predicted octanol–water partition coefficient (Wildman–Crippen LogP) is 1.83. The quantitative estimate of drug-likeness (QED) is 0.0600. The molecule has 2 amide bonds. The first-order chi connectivity index (χ1) is 22.2. The number of carbonyl (C=O) groups excluding carboxylic acids is 4. The van der Waals surface area contributed by atoms with Gasteiger partial charge in [-0.1, -0.05) is 60.7 Å². The second kappa shape index (κ2) is 21.8. The van der Waals surface area contributed by atoms with E-state index < -0.39 is 66.8 Å². The van der Waals surface area contributed by atoms with Gasteiger partial charge in [-0.15, -0.1) is 0 Å². The fourth-order valence-electron chi connectivity index (χ4n) is 3.39. The van der Waals surface area contributed by atoms with E-state index >= 15 is 0 Å². The molecule has 0 aliphatic rings. The van der Waals surface area contributed by atoms with Crippen molar-refractivity contribution in [3.05, 3.63) is 71.8 Å². The average molecular weight is 723 g/mol. The molecular weight excluding hydrogens is 684 g/mol. The van der Waals surface area contributed by atoms with Crippen molar-refractivity contribution in [3.8, 4) is 0 Å². The number of ether oxygens (including phenoxy) is 4. The molecule has 5 N–H and O–H groups in total. The fraction of sp³-hybridized carbons (Fsp3) is 0.429. The maximum Gasteiger partial charge on any atom is 0.408 e. The molecule has 0 saturated heterocycles. The minimum absolute atomic E-state index is 0.0187. The summed E-state index contributed by atoms with van der Waals surface area (Å²) >= 11 is 0. The zero-order chi connectivity index (χ0) is 35.3. The minimum Gasteiger partial charge on any atom is -0.464 e. The van der Waals surface area contributed by atoms with Gasteiger partial charge in [0.2, 0.25) is 19.1 Å². The highest BCUT2D eigenvalue weighted by Gasteiger charge is 2.26. The smallest absolute Gasteiger partial charge is 0.408 e. The van der Waals surface area contributed by atoms with E-state index in [1.165, 1.54) is 0 Å². The molecule has 0 bridgehead atoms. The van der Waals surface area contributed by atoms with Crippen LogP contribution in [0.5, 0.6) is 0 Å². The van der Waals surface area contributed by atoms with Crippen molar-refractivity contribution in [2.75, 3.05) is 24.7 Å². The molecule has 262 valence electrons. The number of nitrogens with two attached hydrogens (primary N) is 1. The van der Waals surface area contributed by atoms with Crippen LogP contribution in [0, 0.1) is 0 Å². The lowest BCUT2D eigenvalue weighted by Crippen LogP contribution is -2.44. The van der Waals surface area contributed by atoms with E-state index in [9.17, 15) is 36.0 Å². The van der Waals surface area contributed by atoms with Crippen molar-refractivity contribution in [2.45, 2.75) is 52.0 Å². The third-order valence-electron chi connectivity index (χ3n) is 5.66. The molecule has 0 saturated carbocycles. The molecule has 0 fully saturated rings. The molecule has 2 atom stereocenters. The van der Waals surface area contributed by atoms with Crippen LogP contribution < -0.4 is 21.3 Å². The Morgan fingerprint density at radius 3 is 1.40 bits per heavy atom. The number of esters is 2. The van der Waals surface area contributed by atoms with Crippen molar-refractivity contribution < 1.29 is 55.0 Å². The summed E-state index contributed by atoms with van der Waals surface area (Å²) in [5.41, 5.74) is 1.55. The van der Waals surface area contributed by atoms with Gasteiger partial charge < -0.3 is 29.6 Å². The predicted molar refractivity (Wildman–Crippen MR) is 170 cm³/mol. The highest BCUT2D eigenvalue weighted by atomic mass is 35.7. The summed E-state index contributed by atoms with van der Waals surface area (Å²) in [5, 5.41) is 4.59. The Bertz CT molecular complexity index is 1480. The standard InChI is InChI=1S/C14H18ClNO6S.C14H21N3O6S/c1-2-21-13(17)12(8-9-23(15,19)20)16-14(18)22-10-11-6-4-3-5-7-11;1-2-22-13(18)12(8-9-24(20,21)17-15)16-14(19)23-10-11-6-4-3-5-7-11/h3-7,12H,2,8-10H2,1H3,(H,16,18);3-7,12,17H,2,8-10,15H2,1H3,(H,16,19)/t2*12-/m00/s1. The average Bonchev–Trinajstić information content (AvgIpc) is 3.04. The van der Waals surface area contributed by atoms with E-state index in [4.69, 9.17) is 35.5 Å². The summed E-state index contributed by atoms with van der Waals surface area (Å²) in [7, 11) is -2.40. The number of halogens is 1. The Balaban J connectivity index is 0.000000470. The van der Waals surface area contributed by atoms with E-state index in [0.717, 1.165) is 11.1 Å². The van der Waals surface area contributed by atoms with Crippen LogP contribution >= 0.6 is 10.7 Å². The molecule has 19 heteroatoms. The van der Waals surface area contributed by atoms with Crippen molar-refractivity contribution in [2.24, 2.45) is 5.84 Å². The van der Waals surface area contributed by atoms with Crippen LogP contribution in [0.1, 0.15) is 37.8 Å². The van der Waals surface area contributed by atoms with Gasteiger partial charge in [-0.25, -0.2) is 36.0 Å². The monoisotopic (exact) mass is 722 g/mol. The minimum atomic E-state index is -3.79. The molecule has 0 spiro atoms. The number of carbonyl (C=O) groups is 4. The number of hydrogen-bond donors (Lipinski definition) is 4. The Morgan fingerprint density at radius 2 is 1.06 bits per heavy atom. The number of benzene rings is 2. The molecule has 47 heavy (non-hydrogen) atoms. The van der Waals surface area contributed by atoms with Crippen LogP contribution in [0.4, 0.5) is 9.59 Å². The second-order valence-corrected chi connectivity index (χ2v) is 14.0. The van der Waals surface area contributed by atoms with Crippen LogP contribution in [0.15, 0.2) is 60.7 Å². The largest absolute Gasteiger partial charge is 0.464 e. The number of hydrogen-bond acceptors (Lipinski definition) is 13. The molecule has 0 radical (unpaired) electrons. The molecule has 0 unspecified atom stereocenters. The molecular formula is C28H39ClN4O12S2. The van der Waals surface area contributed by atoms with Gasteiger partial charge >= 0.3 is 24.1 Å². The lowest BCUT2D eigenvalue weighted by atomic mass is 10.2. The van der Waals surface area contributed by atoms with Crippen molar-refractivity contribution in [3.63, 3.8) is 0 Å². The number of amides is 2. The van der Waals surface area contributed by atoms with E-state index in [-0.39, 0.29) is 39.3 Å². The van der Waals surface area contributed by atoms with Gasteiger partial charge in [0.15, 0.2) is 0 Å². The molecule has 16 nitrogen and oxygen atoms in total. The second-order valence-electron chi connectivity index (χ2n) is 9.28. The van der Waals surface area contributed by atoms with Gasteiger partial charge in [-0.2, -0.15) is 4.83 Å². The molecule has 0 aliphatic carbocycles. The number of sulfonamides is 1. The lowest BCUT2D eigenvalue weighted by Gasteiger charge is -2.17. The molecule has 0 aliphatic heterocycles. The third-order valence-corrected chi connectivity index (χ3v) is 7.98. The number of nitrogens with one attached hydrogen (secondary N) is 3. The topological polar surface area (TPSA) is 236 Å². The Labute approximate surface area is 278 Å². The van der Waals surface area contributed by atoms with E-state index in [1.54, 1.807) is 67.2 Å². The highest BCUT2D eigenvalue weighted by molar-refractivity contribution is 8.13. The first-order valence-corrected chi connectivity index (χ1v) is 18.2. The summed E-state index contributed by atoms with van der Waals surface area (Å²) < 4.78 is 64.2. The van der Waals surface area contributed by atoms with Crippen LogP contribution in [-0.2, 0) is 60.8 Å². The lowest BCUT2D eigenvalue weighted by molar-refractivity contribution is -0.146. The fourth-order valence-corrected chi connectivity index (χ4v) is 4.84. The van der Waals surface area contributed by atoms with Crippen LogP contribution in [0.3, 0.4) is 0 Å². The van der Waals surface area contributed by atoms with Gasteiger partial charge in [-0.3, -0.25) is 5.84 Å². The number of hydrazine groups is 1. The summed E-state index contributed by atoms with van der Waals surface area (Å²) in [6, 6.07) is 15.6. The first kappa shape index (κ1) is 41.1. The van der Waals surface area contributed by atoms with Crippen LogP contribution in [0.2, 0.25) is 0 Å². The zero-order valence-corrected chi connectivity index (χ0v) is 28.1. The van der Waals surface area contributed by atoms with Gasteiger partial charge in [0.05, 0.1) is 24.7 Å². The van der Waals surface area contributed by atoms with Gasteiger partial charge in [0.25, 0.3) is 0 Å². The molecule has 0 aromatic heterocycles. The van der Waals surface area contributed by atoms with Gasteiger partial charge in [0, 0.05) is 10.7 Å². The Kier molecular flexibility index (Phi) is 19.0. The summed E-state index contributed by atoms with van der Waals surface area (Å²) in [6.07, 6.45) is -2.11. The third kappa shape index (κ3) is 19.3. The van der Waals surface area contributed by atoms with E-state index in [0.29, 0.717) is 0 Å². The van der Waals surface area contributed by atoms with E-state index in [1.807, 2.05) is 12.1 Å². The Hall–Kier alpha value is -3.97. The van der Waals surface area contributed by atoms with Crippen molar-refractivity contribution >= 4 is 53.9 Å². The molecule has 2 aromatic carbocycles. The normalized spacial score (nSPS) is 12.3. The highest BCUT2D eigenvalue weighted by Crippen LogP contribution is 2.07. The first-order valence-electron chi connectivity index (χ1n) is 14.1. The Morgan fingerprint density at radius 1 is 0.681 bits per heavy atom. The van der Waals surface area contributed by atoms with Gasteiger partial charge in [0.1, 0.15) is 25.3 Å². The molecule has 2 aromatic rings. The zero-order valence-electron chi connectivity index (χ0n) is 25.8. The van der Waals surface area contributed by atoms with Crippen LogP contribution in [-0.4, -0.2) is 77.8 Å². The number of rotatable bonds is 17. The molecule has 0 heterocycles. The van der Waals surface area contributed by atoms with Gasteiger partial charge in [-0.05, 0) is 37.8 Å². The SMILES string of the molecule is CCOC(=O)[C@H](CCS(=O)(=O)Cl)NC(=O)OCc1ccccc1.CCOC(=O)[C@H](CCS(=O)(=O)NN)NC(=O)OCc1ccccc1. The van der Waals surface area contributed by atoms with Crippen LogP contribution in [0.25, 0.3) is 0 Å². The summed E-state index contributed by atoms with van der Waals surface area (Å²) in [5.74, 6) is 2.45. The summed E-state index contributed by atoms with van der Waals surface area (Å²) in [6.45, 7) is 3.43. The molecule has 2 rings (SSSR count).